The number of benzene rings is 2. The second-order valence-electron chi connectivity index (χ2n) is 8.70. The van der Waals surface area contributed by atoms with Crippen molar-refractivity contribution in [2.24, 2.45) is 0 Å². The van der Waals surface area contributed by atoms with Gasteiger partial charge in [-0.3, -0.25) is 9.59 Å². The number of nitrogens with zero attached hydrogens (tertiary/aromatic N) is 2. The molecule has 0 spiro atoms. The molecule has 1 amide bonds. The highest BCUT2D eigenvalue weighted by Gasteiger charge is 2.49. The van der Waals surface area contributed by atoms with E-state index in [2.05, 4.69) is 0 Å². The van der Waals surface area contributed by atoms with E-state index in [9.17, 15) is 14.7 Å². The highest BCUT2D eigenvalue weighted by atomic mass is 16.5. The second-order valence-corrected chi connectivity index (χ2v) is 8.70. The fourth-order valence-electron chi connectivity index (χ4n) is 4.84. The smallest absolute Gasteiger partial charge is 0.295 e. The quantitative estimate of drug-likeness (QED) is 0.405. The Morgan fingerprint density at radius 2 is 1.67 bits per heavy atom. The van der Waals surface area contributed by atoms with Crippen LogP contribution in [0.25, 0.3) is 5.76 Å². The van der Waals surface area contributed by atoms with Gasteiger partial charge in [-0.15, -0.1) is 0 Å². The molecule has 33 heavy (non-hydrogen) atoms. The highest BCUT2D eigenvalue weighted by molar-refractivity contribution is 6.46. The van der Waals surface area contributed by atoms with Crippen LogP contribution in [0.15, 0.2) is 48.0 Å². The zero-order valence-electron chi connectivity index (χ0n) is 19.5. The van der Waals surface area contributed by atoms with Gasteiger partial charge in [0.05, 0.1) is 31.4 Å². The van der Waals surface area contributed by atoms with E-state index in [0.29, 0.717) is 17.1 Å². The fraction of sp³-hybridized carbons (Fsp3) is 0.385. The van der Waals surface area contributed by atoms with Gasteiger partial charge < -0.3 is 24.4 Å². The lowest BCUT2D eigenvalue weighted by atomic mass is 9.94. The van der Waals surface area contributed by atoms with Crippen LogP contribution in [-0.2, 0) is 9.59 Å². The molecule has 1 N–H and O–H groups in total. The molecule has 1 unspecified atom stereocenters. The Kier molecular flexibility index (Phi) is 6.31. The number of hydrogen-bond donors (Lipinski definition) is 1. The molecule has 1 heterocycles. The summed E-state index contributed by atoms with van der Waals surface area (Å²) >= 11 is 0. The molecule has 4 rings (SSSR count). The number of carbonyl (C=O) groups excluding carboxylic acids is 2. The Morgan fingerprint density at radius 1 is 1.00 bits per heavy atom. The van der Waals surface area contributed by atoms with Gasteiger partial charge in [-0.1, -0.05) is 25.0 Å². The SMILES string of the molecule is COc1ccc(OC)c(/C(O)=C2\C(=O)C(=O)N(C3CCCC3)C2c2ccc(N(C)C)cc2)c1. The summed E-state index contributed by atoms with van der Waals surface area (Å²) in [7, 11) is 6.92. The van der Waals surface area contributed by atoms with E-state index in [1.807, 2.05) is 43.3 Å². The van der Waals surface area contributed by atoms with Crippen molar-refractivity contribution in [3.63, 3.8) is 0 Å². The molecule has 1 aliphatic heterocycles. The van der Waals surface area contributed by atoms with Gasteiger partial charge in [0.1, 0.15) is 17.3 Å². The van der Waals surface area contributed by atoms with Crippen LogP contribution in [0.3, 0.4) is 0 Å². The first-order valence-electron chi connectivity index (χ1n) is 11.2. The van der Waals surface area contributed by atoms with Crippen molar-refractivity contribution in [1.29, 1.82) is 0 Å². The summed E-state index contributed by atoms with van der Waals surface area (Å²) in [4.78, 5) is 30.2. The maximum Gasteiger partial charge on any atom is 0.295 e. The van der Waals surface area contributed by atoms with Gasteiger partial charge in [0.2, 0.25) is 0 Å². The topological polar surface area (TPSA) is 79.3 Å². The number of carbonyl (C=O) groups is 2. The van der Waals surface area contributed by atoms with Gasteiger partial charge in [-0.2, -0.15) is 0 Å². The number of likely N-dealkylation sites (tertiary alicyclic amines) is 1. The van der Waals surface area contributed by atoms with Gasteiger partial charge in [-0.25, -0.2) is 0 Å². The molecule has 0 aromatic heterocycles. The normalized spacial score (nSPS) is 20.4. The van der Waals surface area contributed by atoms with Crippen molar-refractivity contribution in [2.45, 2.75) is 37.8 Å². The molecular weight excluding hydrogens is 420 g/mol. The molecule has 1 aliphatic carbocycles. The van der Waals surface area contributed by atoms with E-state index in [0.717, 1.165) is 36.9 Å². The summed E-state index contributed by atoms with van der Waals surface area (Å²) in [6, 6.07) is 12.0. The molecule has 1 atom stereocenters. The minimum absolute atomic E-state index is 0.0301. The molecule has 0 radical (unpaired) electrons. The molecule has 7 heteroatoms. The van der Waals surface area contributed by atoms with Crippen molar-refractivity contribution in [1.82, 2.24) is 4.90 Å². The first-order chi connectivity index (χ1) is 15.9. The number of rotatable bonds is 6. The van der Waals surface area contributed by atoms with Crippen LogP contribution in [0.2, 0.25) is 0 Å². The van der Waals surface area contributed by atoms with E-state index in [1.54, 1.807) is 23.1 Å². The maximum atomic E-state index is 13.3. The van der Waals surface area contributed by atoms with Crippen LogP contribution in [0, 0.1) is 0 Å². The summed E-state index contributed by atoms with van der Waals surface area (Å²) in [6.07, 6.45) is 3.73. The number of ketones is 1. The van der Waals surface area contributed by atoms with E-state index in [1.165, 1.54) is 14.2 Å². The van der Waals surface area contributed by atoms with E-state index in [4.69, 9.17) is 9.47 Å². The maximum absolute atomic E-state index is 13.3. The molecule has 7 nitrogen and oxygen atoms in total. The Bertz CT molecular complexity index is 1080. The summed E-state index contributed by atoms with van der Waals surface area (Å²) in [5.74, 6) is -0.597. The largest absolute Gasteiger partial charge is 0.507 e. The van der Waals surface area contributed by atoms with Crippen molar-refractivity contribution in [3.8, 4) is 11.5 Å². The lowest BCUT2D eigenvalue weighted by Gasteiger charge is -2.31. The molecule has 1 saturated carbocycles. The monoisotopic (exact) mass is 450 g/mol. The molecule has 2 aromatic rings. The third kappa shape index (κ3) is 4.03. The molecule has 0 bridgehead atoms. The van der Waals surface area contributed by atoms with E-state index in [-0.39, 0.29) is 17.4 Å². The van der Waals surface area contributed by atoms with Crippen molar-refractivity contribution in [3.05, 3.63) is 59.2 Å². The van der Waals surface area contributed by atoms with Gasteiger partial charge in [-0.05, 0) is 48.7 Å². The third-order valence-corrected chi connectivity index (χ3v) is 6.59. The molecule has 174 valence electrons. The van der Waals surface area contributed by atoms with Crippen LogP contribution < -0.4 is 14.4 Å². The van der Waals surface area contributed by atoms with Crippen LogP contribution in [-0.4, -0.2) is 56.1 Å². The van der Waals surface area contributed by atoms with Crippen molar-refractivity contribution >= 4 is 23.1 Å². The Balaban J connectivity index is 1.91. The number of aliphatic hydroxyl groups excluding tert-OH is 1. The van der Waals surface area contributed by atoms with Gasteiger partial charge in [0.25, 0.3) is 11.7 Å². The summed E-state index contributed by atoms with van der Waals surface area (Å²) in [6.45, 7) is 0. The van der Waals surface area contributed by atoms with Crippen LogP contribution >= 0.6 is 0 Å². The van der Waals surface area contributed by atoms with Crippen molar-refractivity contribution < 1.29 is 24.2 Å². The fourth-order valence-corrected chi connectivity index (χ4v) is 4.84. The zero-order valence-corrected chi connectivity index (χ0v) is 19.5. The molecule has 2 aromatic carbocycles. The average Bonchev–Trinajstić information content (AvgIpc) is 3.45. The number of aliphatic hydroxyl groups is 1. The standard InChI is InChI=1S/C26H30N2O5/c1-27(2)17-11-9-16(10-12-17)23-22(25(30)26(31)28(23)18-7-5-6-8-18)24(29)20-15-19(32-3)13-14-21(20)33-4/h9-15,18,23,29H,5-8H2,1-4H3/b24-22+. The average molecular weight is 451 g/mol. The zero-order chi connectivity index (χ0) is 23.7. The van der Waals surface area contributed by atoms with Gasteiger partial charge >= 0.3 is 0 Å². The summed E-state index contributed by atoms with van der Waals surface area (Å²) in [5, 5.41) is 11.4. The number of anilines is 1. The molecule has 1 saturated heterocycles. The number of ether oxygens (including phenoxy) is 2. The predicted molar refractivity (Wildman–Crippen MR) is 127 cm³/mol. The molecular formula is C26H30N2O5. The Hall–Kier alpha value is -3.48. The second kappa shape index (κ2) is 9.17. The first kappa shape index (κ1) is 22.7. The number of amides is 1. The molecule has 2 aliphatic rings. The Labute approximate surface area is 194 Å². The van der Waals surface area contributed by atoms with Gasteiger partial charge in [0.15, 0.2) is 0 Å². The lowest BCUT2D eigenvalue weighted by Crippen LogP contribution is -2.37. The third-order valence-electron chi connectivity index (χ3n) is 6.59. The highest BCUT2D eigenvalue weighted by Crippen LogP contribution is 2.45. The number of hydrogen-bond acceptors (Lipinski definition) is 6. The lowest BCUT2D eigenvalue weighted by molar-refractivity contribution is -0.141. The molecule has 2 fully saturated rings. The van der Waals surface area contributed by atoms with E-state index >= 15 is 0 Å². The van der Waals surface area contributed by atoms with Crippen LogP contribution in [0.5, 0.6) is 11.5 Å². The minimum atomic E-state index is -0.675. The summed E-state index contributed by atoms with van der Waals surface area (Å²) in [5.41, 5.74) is 2.19. The Morgan fingerprint density at radius 3 is 2.24 bits per heavy atom. The predicted octanol–water partition coefficient (Wildman–Crippen LogP) is 4.13. The first-order valence-corrected chi connectivity index (χ1v) is 11.2. The van der Waals surface area contributed by atoms with Crippen molar-refractivity contribution in [2.75, 3.05) is 33.2 Å². The minimum Gasteiger partial charge on any atom is -0.507 e. The number of methoxy groups -OCH3 is 2. The van der Waals surface area contributed by atoms with Crippen LogP contribution in [0.4, 0.5) is 5.69 Å². The van der Waals surface area contributed by atoms with E-state index < -0.39 is 17.7 Å². The number of Topliss-reactive ketones (excluding diaryl/α,β-unsaturated/α-hetero) is 1. The summed E-state index contributed by atoms with van der Waals surface area (Å²) < 4.78 is 10.7. The van der Waals surface area contributed by atoms with Gasteiger partial charge in [0, 0.05) is 25.8 Å². The van der Waals surface area contributed by atoms with Crippen LogP contribution in [0.1, 0.15) is 42.9 Å².